The third-order valence-electron chi connectivity index (χ3n) is 3.29. The molecule has 1 atom stereocenters. The Hall–Kier alpha value is -1.12. The largest absolute Gasteiger partial charge is 0.482 e. The van der Waals surface area contributed by atoms with Gasteiger partial charge in [-0.25, -0.2) is 0 Å². The molecule has 3 rings (SSSR count). The van der Waals surface area contributed by atoms with Gasteiger partial charge in [0.15, 0.2) is 6.61 Å². The second kappa shape index (κ2) is 5.94. The van der Waals surface area contributed by atoms with Crippen LogP contribution >= 0.6 is 38.5 Å². The summed E-state index contributed by atoms with van der Waals surface area (Å²) in [6, 6.07) is 11.4. The number of amides is 1. The number of nitrogens with two attached hydrogens (primary N) is 1. The minimum Gasteiger partial charge on any atom is -0.482 e. The number of benzene rings is 2. The number of nitrogens with one attached hydrogen (secondary N) is 1. The van der Waals surface area contributed by atoms with Crippen molar-refractivity contribution in [3.63, 3.8) is 0 Å². The topological polar surface area (TPSA) is 64.3 Å². The Labute approximate surface area is 144 Å². The van der Waals surface area contributed by atoms with Gasteiger partial charge in [0.05, 0.1) is 11.7 Å². The molecule has 0 saturated heterocycles. The molecule has 1 heterocycles. The van der Waals surface area contributed by atoms with Crippen molar-refractivity contribution in [3.05, 3.63) is 55.6 Å². The van der Waals surface area contributed by atoms with Crippen LogP contribution < -0.4 is 15.8 Å². The van der Waals surface area contributed by atoms with E-state index < -0.39 is 0 Å². The van der Waals surface area contributed by atoms with Crippen LogP contribution in [0, 0.1) is 3.57 Å². The number of ether oxygens (including phenoxy) is 1. The predicted octanol–water partition coefficient (Wildman–Crippen LogP) is 3.43. The van der Waals surface area contributed by atoms with E-state index in [4.69, 9.17) is 10.5 Å². The molecular weight excluding hydrogens is 447 g/mol. The maximum Gasteiger partial charge on any atom is 0.262 e. The molecule has 1 amide bonds. The van der Waals surface area contributed by atoms with Gasteiger partial charge in [0, 0.05) is 8.04 Å². The summed E-state index contributed by atoms with van der Waals surface area (Å²) in [7, 11) is 0. The zero-order valence-electron chi connectivity index (χ0n) is 10.9. The number of hydrogen-bond acceptors (Lipinski definition) is 3. The van der Waals surface area contributed by atoms with Crippen molar-refractivity contribution >= 4 is 50.1 Å². The lowest BCUT2D eigenvalue weighted by Crippen LogP contribution is -2.25. The summed E-state index contributed by atoms with van der Waals surface area (Å²) in [5.41, 5.74) is 8.96. The Kier molecular flexibility index (Phi) is 4.19. The lowest BCUT2D eigenvalue weighted by Gasteiger charge is -2.21. The van der Waals surface area contributed by atoms with E-state index >= 15 is 0 Å². The van der Waals surface area contributed by atoms with E-state index in [0.717, 1.165) is 19.2 Å². The van der Waals surface area contributed by atoms with E-state index in [2.05, 4.69) is 43.8 Å². The molecule has 2 aromatic rings. The average molecular weight is 459 g/mol. The Bertz CT molecular complexity index is 721. The molecular formula is C15H12BrIN2O2. The Balaban J connectivity index is 1.98. The van der Waals surface area contributed by atoms with E-state index in [1.165, 1.54) is 0 Å². The number of rotatable bonds is 2. The fourth-order valence-corrected chi connectivity index (χ4v) is 3.24. The maximum atomic E-state index is 11.4. The number of anilines is 1. The molecule has 1 aliphatic heterocycles. The number of fused-ring (bicyclic) bond motifs is 1. The highest BCUT2D eigenvalue weighted by molar-refractivity contribution is 14.1. The molecule has 1 aliphatic rings. The van der Waals surface area contributed by atoms with Crippen molar-refractivity contribution in [1.29, 1.82) is 0 Å². The maximum absolute atomic E-state index is 11.4. The van der Waals surface area contributed by atoms with Crippen LogP contribution in [0.3, 0.4) is 0 Å². The lowest BCUT2D eigenvalue weighted by atomic mass is 9.99. The zero-order chi connectivity index (χ0) is 15.0. The molecule has 108 valence electrons. The minimum atomic E-state index is -0.279. The third kappa shape index (κ3) is 3.07. The van der Waals surface area contributed by atoms with E-state index in [-0.39, 0.29) is 18.6 Å². The first kappa shape index (κ1) is 14.8. The highest BCUT2D eigenvalue weighted by Gasteiger charge is 2.19. The van der Waals surface area contributed by atoms with Gasteiger partial charge >= 0.3 is 0 Å². The summed E-state index contributed by atoms with van der Waals surface area (Å²) < 4.78 is 7.44. The first-order valence-corrected chi connectivity index (χ1v) is 8.19. The van der Waals surface area contributed by atoms with Gasteiger partial charge in [-0.1, -0.05) is 22.0 Å². The van der Waals surface area contributed by atoms with Crippen LogP contribution in [-0.4, -0.2) is 12.5 Å². The Morgan fingerprint density at radius 3 is 2.90 bits per heavy atom. The summed E-state index contributed by atoms with van der Waals surface area (Å²) >= 11 is 5.79. The number of hydrogen-bond donors (Lipinski definition) is 2. The summed E-state index contributed by atoms with van der Waals surface area (Å²) in [6.45, 7) is 0.0564. The van der Waals surface area contributed by atoms with Crippen molar-refractivity contribution in [3.8, 4) is 5.75 Å². The van der Waals surface area contributed by atoms with Gasteiger partial charge < -0.3 is 15.8 Å². The predicted molar refractivity (Wildman–Crippen MR) is 93.5 cm³/mol. The molecule has 21 heavy (non-hydrogen) atoms. The molecule has 0 aliphatic carbocycles. The number of carbonyl (C=O) groups excluding carboxylic acids is 1. The van der Waals surface area contributed by atoms with Gasteiger partial charge in [-0.05, 0) is 64.0 Å². The molecule has 0 bridgehead atoms. The second-order valence-electron chi connectivity index (χ2n) is 4.74. The second-order valence-corrected chi connectivity index (χ2v) is 6.84. The smallest absolute Gasteiger partial charge is 0.262 e. The molecule has 0 saturated carbocycles. The highest BCUT2D eigenvalue weighted by Crippen LogP contribution is 2.34. The van der Waals surface area contributed by atoms with E-state index in [9.17, 15) is 4.79 Å². The fraction of sp³-hybridized carbons (Fsp3) is 0.133. The minimum absolute atomic E-state index is 0.0564. The SMILES string of the molecule is NC(c1ccc2c(c1)NC(=O)CO2)c1cc(I)ccc1Br. The van der Waals surface area contributed by atoms with E-state index in [1.54, 1.807) is 0 Å². The quantitative estimate of drug-likeness (QED) is 0.677. The van der Waals surface area contributed by atoms with Crippen LogP contribution in [0.15, 0.2) is 40.9 Å². The molecule has 0 aromatic heterocycles. The van der Waals surface area contributed by atoms with Crippen LogP contribution in [-0.2, 0) is 4.79 Å². The molecule has 2 aromatic carbocycles. The molecule has 1 unspecified atom stereocenters. The van der Waals surface area contributed by atoms with E-state index in [0.29, 0.717) is 11.4 Å². The molecule has 0 fully saturated rings. The summed E-state index contributed by atoms with van der Waals surface area (Å²) in [5, 5.41) is 2.80. The standard InChI is InChI=1S/C15H12BrIN2O2/c16-11-3-2-9(17)6-10(11)15(18)8-1-4-13-12(5-8)19-14(20)7-21-13/h1-6,15H,7,18H2,(H,19,20). The Morgan fingerprint density at radius 1 is 1.29 bits per heavy atom. The molecule has 4 nitrogen and oxygen atoms in total. The molecule has 0 spiro atoms. The van der Waals surface area contributed by atoms with Gasteiger partial charge in [0.2, 0.25) is 0 Å². The van der Waals surface area contributed by atoms with Crippen molar-refractivity contribution in [2.45, 2.75) is 6.04 Å². The van der Waals surface area contributed by atoms with Gasteiger partial charge in [-0.3, -0.25) is 4.79 Å². The number of carbonyl (C=O) groups is 1. The fourth-order valence-electron chi connectivity index (χ4n) is 2.23. The van der Waals surface area contributed by atoms with Crippen LogP contribution in [0.25, 0.3) is 0 Å². The van der Waals surface area contributed by atoms with Crippen LogP contribution in [0.4, 0.5) is 5.69 Å². The van der Waals surface area contributed by atoms with Crippen molar-refractivity contribution in [2.24, 2.45) is 5.73 Å². The average Bonchev–Trinajstić information content (AvgIpc) is 2.48. The van der Waals surface area contributed by atoms with Gasteiger partial charge in [-0.15, -0.1) is 0 Å². The number of halogens is 2. The normalized spacial score (nSPS) is 14.9. The molecule has 3 N–H and O–H groups in total. The summed E-state index contributed by atoms with van der Waals surface area (Å²) in [4.78, 5) is 11.4. The summed E-state index contributed by atoms with van der Waals surface area (Å²) in [6.07, 6.45) is 0. The first-order valence-electron chi connectivity index (χ1n) is 6.32. The first-order chi connectivity index (χ1) is 10.0. The van der Waals surface area contributed by atoms with Gasteiger partial charge in [0.25, 0.3) is 5.91 Å². The lowest BCUT2D eigenvalue weighted by molar-refractivity contribution is -0.118. The van der Waals surface area contributed by atoms with Gasteiger partial charge in [-0.2, -0.15) is 0 Å². The Morgan fingerprint density at radius 2 is 2.10 bits per heavy atom. The van der Waals surface area contributed by atoms with E-state index in [1.807, 2.05) is 36.4 Å². The van der Waals surface area contributed by atoms with Crippen LogP contribution in [0.1, 0.15) is 17.2 Å². The molecule has 6 heteroatoms. The van der Waals surface area contributed by atoms with Crippen LogP contribution in [0.2, 0.25) is 0 Å². The van der Waals surface area contributed by atoms with Crippen LogP contribution in [0.5, 0.6) is 5.75 Å². The molecule has 0 radical (unpaired) electrons. The third-order valence-corrected chi connectivity index (χ3v) is 4.68. The monoisotopic (exact) mass is 458 g/mol. The summed E-state index contributed by atoms with van der Waals surface area (Å²) in [5.74, 6) is 0.524. The van der Waals surface area contributed by atoms with Crippen molar-refractivity contribution in [1.82, 2.24) is 0 Å². The zero-order valence-corrected chi connectivity index (χ0v) is 14.6. The van der Waals surface area contributed by atoms with Crippen molar-refractivity contribution in [2.75, 3.05) is 11.9 Å². The highest BCUT2D eigenvalue weighted by atomic mass is 127. The van der Waals surface area contributed by atoms with Crippen molar-refractivity contribution < 1.29 is 9.53 Å². The van der Waals surface area contributed by atoms with Gasteiger partial charge in [0.1, 0.15) is 5.75 Å².